The molecule has 0 radical (unpaired) electrons. The van der Waals surface area contributed by atoms with Crippen LogP contribution in [0.5, 0.6) is 11.8 Å². The van der Waals surface area contributed by atoms with Gasteiger partial charge in [-0.05, 0) is 85.5 Å². The number of morpholine rings is 1. The van der Waals surface area contributed by atoms with E-state index in [1.165, 1.54) is 24.3 Å². The molecule has 2 atom stereocenters. The van der Waals surface area contributed by atoms with Gasteiger partial charge in [0.15, 0.2) is 5.82 Å². The zero-order valence-electron chi connectivity index (χ0n) is 28.2. The van der Waals surface area contributed by atoms with Crippen molar-refractivity contribution in [2.24, 2.45) is 5.41 Å². The van der Waals surface area contributed by atoms with Crippen molar-refractivity contribution in [1.82, 2.24) is 20.2 Å². The molecule has 9 rings (SSSR count). The number of thioether (sulfide) groups is 1. The Hall–Kier alpha value is -3.54. The molecule has 3 saturated heterocycles. The van der Waals surface area contributed by atoms with Gasteiger partial charge in [-0.1, -0.05) is 23.6 Å². The lowest BCUT2D eigenvalue weighted by Crippen LogP contribution is -2.51. The third-order valence-electron chi connectivity index (χ3n) is 11.2. The van der Waals surface area contributed by atoms with Crippen molar-refractivity contribution in [2.45, 2.75) is 66.6 Å². The number of phenolic OH excluding ortho intramolecular Hbond substituents is 1. The Kier molecular flexibility index (Phi) is 8.24. The molecule has 2 bridgehead atoms. The molecule has 4 heterocycles. The molecule has 272 valence electrons. The van der Waals surface area contributed by atoms with Crippen LogP contribution in [0.4, 0.5) is 23.4 Å². The number of piperazine rings is 1. The van der Waals surface area contributed by atoms with Gasteiger partial charge in [-0.2, -0.15) is 23.1 Å². The monoisotopic (exact) mass is 753 g/mol. The quantitative estimate of drug-likeness (QED) is 0.108. The Balaban J connectivity index is 1.18. The number of terminal acetylenes is 1. The second kappa shape index (κ2) is 12.5. The zero-order valence-corrected chi connectivity index (χ0v) is 29.7. The van der Waals surface area contributed by atoms with Crippen LogP contribution in [0, 0.1) is 23.6 Å². The predicted octanol–water partition coefficient (Wildman–Crippen LogP) is 7.51. The highest BCUT2D eigenvalue weighted by molar-refractivity contribution is 8.00. The zero-order chi connectivity index (χ0) is 36.0. The van der Waals surface area contributed by atoms with Crippen molar-refractivity contribution in [2.75, 3.05) is 50.8 Å². The predicted molar refractivity (Wildman–Crippen MR) is 193 cm³/mol. The molecule has 8 nitrogen and oxygen atoms in total. The Morgan fingerprint density at radius 1 is 1.12 bits per heavy atom. The van der Waals surface area contributed by atoms with E-state index in [1.54, 1.807) is 6.07 Å². The van der Waals surface area contributed by atoms with Crippen LogP contribution in [0.25, 0.3) is 32.8 Å². The molecule has 2 N–H and O–H groups in total. The number of ether oxygens (including phenoxy) is 2. The molecule has 1 aromatic heterocycles. The highest BCUT2D eigenvalue weighted by Gasteiger charge is 2.51. The summed E-state index contributed by atoms with van der Waals surface area (Å²) in [4.78, 5) is 13.4. The molecule has 14 heteroatoms. The van der Waals surface area contributed by atoms with E-state index in [0.29, 0.717) is 37.5 Å². The van der Waals surface area contributed by atoms with Crippen molar-refractivity contribution >= 4 is 50.9 Å². The SMILES string of the molecule is C#Cc1c(Cl)ccc2cc(O)cc(-c3c(SC(F)(F)F)cc4c(N5CC6CCC(C5)N6)nc(OCC5(CN6CCOC7(CC7)C6)CC5)nc4c3F)c12. The van der Waals surface area contributed by atoms with Gasteiger partial charge in [-0.25, -0.2) is 4.39 Å². The number of aromatic nitrogens is 2. The Labute approximate surface area is 307 Å². The number of hydrogen-bond donors (Lipinski definition) is 2. The standard InChI is InChI=1S/C38H36ClF4N5O3S/c1-2-25-28(39)6-3-21-13-24(49)14-26(30(21)25)31-29(52-38(41,42)43)15-27-33(32(31)40)45-35(46-34(27)48-16-22-4-5-23(17-48)44-22)50-20-36(7-8-36)18-47-11-12-51-37(19-47)9-10-37/h1,3,6,13-15,22-23,44,49H,4-5,7-12,16-20H2. The number of hydrogen-bond acceptors (Lipinski definition) is 9. The van der Waals surface area contributed by atoms with E-state index >= 15 is 4.39 Å². The number of nitrogens with one attached hydrogen (secondary N) is 1. The number of anilines is 1. The van der Waals surface area contributed by atoms with Gasteiger partial charge in [0.05, 0.1) is 29.4 Å². The lowest BCUT2D eigenvalue weighted by Gasteiger charge is -2.35. The maximum atomic E-state index is 17.4. The van der Waals surface area contributed by atoms with E-state index in [-0.39, 0.29) is 67.3 Å². The number of alkyl halides is 3. The topological polar surface area (TPSA) is 83.0 Å². The van der Waals surface area contributed by atoms with E-state index in [4.69, 9.17) is 32.5 Å². The first-order valence-electron chi connectivity index (χ1n) is 17.6. The van der Waals surface area contributed by atoms with Gasteiger partial charge < -0.3 is 24.8 Å². The molecule has 5 aliphatic rings. The first kappa shape index (κ1) is 34.2. The number of fused-ring (bicyclic) bond motifs is 4. The molecular weight excluding hydrogens is 718 g/mol. The number of halogens is 5. The fourth-order valence-corrected chi connectivity index (χ4v) is 9.32. The Morgan fingerprint density at radius 2 is 1.88 bits per heavy atom. The van der Waals surface area contributed by atoms with Crippen molar-refractivity contribution in [1.29, 1.82) is 0 Å². The van der Waals surface area contributed by atoms with Gasteiger partial charge >= 0.3 is 11.5 Å². The van der Waals surface area contributed by atoms with Gasteiger partial charge in [0.2, 0.25) is 0 Å². The minimum absolute atomic E-state index is 0.0000676. The first-order chi connectivity index (χ1) is 24.9. The molecule has 52 heavy (non-hydrogen) atoms. The molecule has 2 saturated carbocycles. The second-order valence-electron chi connectivity index (χ2n) is 15.1. The van der Waals surface area contributed by atoms with Gasteiger partial charge in [0.1, 0.15) is 17.1 Å². The largest absolute Gasteiger partial charge is 0.508 e. The summed E-state index contributed by atoms with van der Waals surface area (Å²) in [7, 11) is 0. The lowest BCUT2D eigenvalue weighted by molar-refractivity contribution is -0.0532. The smallest absolute Gasteiger partial charge is 0.446 e. The Bertz CT molecular complexity index is 2140. The normalized spacial score (nSPS) is 23.3. The van der Waals surface area contributed by atoms with Crippen LogP contribution in [0.2, 0.25) is 5.02 Å². The fraction of sp³-hybridized carbons (Fsp3) is 0.474. The maximum Gasteiger partial charge on any atom is 0.446 e. The molecule has 0 amide bonds. The van der Waals surface area contributed by atoms with Crippen LogP contribution >= 0.6 is 23.4 Å². The Morgan fingerprint density at radius 3 is 2.58 bits per heavy atom. The molecule has 2 aliphatic carbocycles. The van der Waals surface area contributed by atoms with E-state index < -0.39 is 33.5 Å². The van der Waals surface area contributed by atoms with Crippen LogP contribution in [-0.2, 0) is 4.74 Å². The highest BCUT2D eigenvalue weighted by atomic mass is 35.5. The van der Waals surface area contributed by atoms with Gasteiger partial charge in [-0.15, -0.1) is 6.42 Å². The summed E-state index contributed by atoms with van der Waals surface area (Å²) in [6, 6.07) is 7.35. The third-order valence-corrected chi connectivity index (χ3v) is 12.3. The van der Waals surface area contributed by atoms with Crippen LogP contribution in [0.15, 0.2) is 35.2 Å². The van der Waals surface area contributed by atoms with E-state index in [0.717, 1.165) is 58.2 Å². The summed E-state index contributed by atoms with van der Waals surface area (Å²) in [6.45, 7) is 4.75. The van der Waals surface area contributed by atoms with Crippen LogP contribution in [0.1, 0.15) is 44.1 Å². The average molecular weight is 754 g/mol. The molecule has 4 aromatic rings. The van der Waals surface area contributed by atoms with Crippen molar-refractivity contribution in [3.05, 3.63) is 46.7 Å². The summed E-state index contributed by atoms with van der Waals surface area (Å²) < 4.78 is 72.6. The third kappa shape index (κ3) is 6.40. The fourth-order valence-electron chi connectivity index (χ4n) is 8.38. The van der Waals surface area contributed by atoms with Crippen molar-refractivity contribution in [3.8, 4) is 35.2 Å². The highest BCUT2D eigenvalue weighted by Crippen LogP contribution is 2.51. The summed E-state index contributed by atoms with van der Waals surface area (Å²) in [5.41, 5.74) is -5.31. The summed E-state index contributed by atoms with van der Waals surface area (Å²) in [6.07, 6.45) is 11.9. The van der Waals surface area contributed by atoms with Crippen LogP contribution < -0.4 is 15.0 Å². The molecule has 3 aromatic carbocycles. The average Bonchev–Trinajstić information content (AvgIpc) is 4.01. The number of rotatable bonds is 8. The van der Waals surface area contributed by atoms with Crippen LogP contribution in [0.3, 0.4) is 0 Å². The van der Waals surface area contributed by atoms with Crippen molar-refractivity contribution < 1.29 is 32.1 Å². The van der Waals surface area contributed by atoms with E-state index in [2.05, 4.69) is 21.1 Å². The second-order valence-corrected chi connectivity index (χ2v) is 16.6. The molecule has 5 fully saturated rings. The molecule has 3 aliphatic heterocycles. The van der Waals surface area contributed by atoms with Gasteiger partial charge in [0, 0.05) is 71.5 Å². The molecular formula is C38H36ClF4N5O3S. The number of aromatic hydroxyl groups is 1. The molecule has 1 spiro atoms. The number of phenols is 1. The summed E-state index contributed by atoms with van der Waals surface area (Å²) >= 11 is 6.02. The lowest BCUT2D eigenvalue weighted by atomic mass is 9.93. The number of benzene rings is 3. The maximum absolute atomic E-state index is 17.4. The first-order valence-corrected chi connectivity index (χ1v) is 18.8. The molecule has 2 unspecified atom stereocenters. The van der Waals surface area contributed by atoms with Gasteiger partial charge in [-0.3, -0.25) is 4.90 Å². The summed E-state index contributed by atoms with van der Waals surface area (Å²) in [5, 5.41) is 15.3. The van der Waals surface area contributed by atoms with Crippen molar-refractivity contribution in [3.63, 3.8) is 0 Å². The van der Waals surface area contributed by atoms with E-state index in [9.17, 15) is 18.3 Å². The van der Waals surface area contributed by atoms with Crippen LogP contribution in [-0.4, -0.2) is 89.1 Å². The summed E-state index contributed by atoms with van der Waals surface area (Å²) in [5.74, 6) is 1.56. The van der Waals surface area contributed by atoms with E-state index in [1.807, 2.05) is 4.90 Å². The number of nitrogens with zero attached hydrogens (tertiary/aromatic N) is 4. The van der Waals surface area contributed by atoms with Gasteiger partial charge in [0.25, 0.3) is 0 Å². The minimum Gasteiger partial charge on any atom is -0.508 e. The minimum atomic E-state index is -4.77.